The number of nitrogens with zero attached hydrogens (tertiary/aromatic N) is 2. The lowest BCUT2D eigenvalue weighted by molar-refractivity contribution is 0.297. The van der Waals surface area contributed by atoms with E-state index in [0.717, 1.165) is 17.8 Å². The number of rotatable bonds is 4. The Kier molecular flexibility index (Phi) is 4.25. The van der Waals surface area contributed by atoms with E-state index in [4.69, 9.17) is 0 Å². The van der Waals surface area contributed by atoms with Gasteiger partial charge in [0.2, 0.25) is 10.0 Å². The summed E-state index contributed by atoms with van der Waals surface area (Å²) in [5.41, 5.74) is 1.20. The Labute approximate surface area is 134 Å². The highest BCUT2D eigenvalue weighted by Gasteiger charge is 2.36. The molecule has 0 N–H and O–H groups in total. The van der Waals surface area contributed by atoms with Gasteiger partial charge in [-0.3, -0.25) is 0 Å². The zero-order valence-corrected chi connectivity index (χ0v) is 13.6. The number of hydrogen-bond donors (Lipinski definition) is 0. The Morgan fingerprint density at radius 3 is 2.65 bits per heavy atom. The van der Waals surface area contributed by atoms with Crippen molar-refractivity contribution in [3.63, 3.8) is 0 Å². The van der Waals surface area contributed by atoms with Crippen LogP contribution in [0.1, 0.15) is 30.6 Å². The highest BCUT2D eigenvalue weighted by atomic mass is 32.2. The summed E-state index contributed by atoms with van der Waals surface area (Å²) in [6.07, 6.45) is 2.37. The van der Waals surface area contributed by atoms with Crippen LogP contribution >= 0.6 is 0 Å². The van der Waals surface area contributed by atoms with Crippen molar-refractivity contribution in [1.29, 1.82) is 0 Å². The third-order valence-electron chi connectivity index (χ3n) is 4.07. The third-order valence-corrected chi connectivity index (χ3v) is 6.10. The zero-order chi connectivity index (χ0) is 16.6. The Bertz CT molecular complexity index is 817. The Balaban J connectivity index is 2.12. The van der Waals surface area contributed by atoms with Crippen molar-refractivity contribution in [3.05, 3.63) is 59.4 Å². The molecule has 3 rings (SSSR count). The second-order valence-electron chi connectivity index (χ2n) is 5.63. The van der Waals surface area contributed by atoms with Crippen LogP contribution in [0.4, 0.5) is 8.78 Å². The van der Waals surface area contributed by atoms with E-state index in [0.29, 0.717) is 25.1 Å². The molecule has 1 aromatic carbocycles. The molecular formula is C16H18F2N2O2S. The van der Waals surface area contributed by atoms with Gasteiger partial charge in [0.1, 0.15) is 0 Å². The molecule has 23 heavy (non-hydrogen) atoms. The fourth-order valence-electron chi connectivity index (χ4n) is 3.06. The van der Waals surface area contributed by atoms with E-state index in [1.807, 2.05) is 22.9 Å². The van der Waals surface area contributed by atoms with Gasteiger partial charge in [-0.2, -0.15) is 4.31 Å². The average Bonchev–Trinajstić information content (AvgIpc) is 2.97. The number of aromatic nitrogens is 1. The highest BCUT2D eigenvalue weighted by molar-refractivity contribution is 7.89. The maximum absolute atomic E-state index is 13.7. The largest absolute Gasteiger partial charge is 0.348 e. The van der Waals surface area contributed by atoms with E-state index in [9.17, 15) is 17.2 Å². The Hall–Kier alpha value is -1.73. The summed E-state index contributed by atoms with van der Waals surface area (Å²) in [5.74, 6) is -1.88. The predicted octanol–water partition coefficient (Wildman–Crippen LogP) is 2.91. The number of fused-ring (bicyclic) bond motifs is 1. The van der Waals surface area contributed by atoms with Crippen molar-refractivity contribution in [2.24, 2.45) is 0 Å². The van der Waals surface area contributed by atoms with E-state index in [1.54, 1.807) is 6.92 Å². The molecule has 0 bridgehead atoms. The maximum atomic E-state index is 13.7. The molecule has 0 fully saturated rings. The first-order valence-corrected chi connectivity index (χ1v) is 9.14. The predicted molar refractivity (Wildman–Crippen MR) is 83.4 cm³/mol. The SMILES string of the molecule is CCCS(=O)(=O)N1CCn2cccc2C1c1ccc(F)c(F)c1. The molecule has 1 aliphatic heterocycles. The van der Waals surface area contributed by atoms with Gasteiger partial charge in [0.15, 0.2) is 11.6 Å². The average molecular weight is 340 g/mol. The molecule has 0 aliphatic carbocycles. The molecule has 4 nitrogen and oxygen atoms in total. The minimum absolute atomic E-state index is 0.0356. The molecule has 2 aromatic rings. The second-order valence-corrected chi connectivity index (χ2v) is 7.67. The van der Waals surface area contributed by atoms with Crippen LogP contribution in [0.2, 0.25) is 0 Å². The van der Waals surface area contributed by atoms with Crippen LogP contribution < -0.4 is 0 Å². The molecule has 0 spiro atoms. The molecule has 0 amide bonds. The fourth-order valence-corrected chi connectivity index (χ4v) is 4.72. The van der Waals surface area contributed by atoms with Crippen molar-refractivity contribution >= 4 is 10.0 Å². The van der Waals surface area contributed by atoms with Crippen LogP contribution in [0.15, 0.2) is 36.5 Å². The zero-order valence-electron chi connectivity index (χ0n) is 12.7. The highest BCUT2D eigenvalue weighted by Crippen LogP contribution is 2.35. The molecule has 1 atom stereocenters. The molecular weight excluding hydrogens is 322 g/mol. The minimum Gasteiger partial charge on any atom is -0.348 e. The molecule has 1 aliphatic rings. The van der Waals surface area contributed by atoms with Crippen LogP contribution in [-0.2, 0) is 16.6 Å². The molecule has 1 aromatic heterocycles. The first-order valence-electron chi connectivity index (χ1n) is 7.53. The van der Waals surface area contributed by atoms with Gasteiger partial charge in [0, 0.05) is 25.0 Å². The number of hydrogen-bond acceptors (Lipinski definition) is 2. The molecule has 7 heteroatoms. The van der Waals surface area contributed by atoms with Crippen molar-refractivity contribution in [2.45, 2.75) is 25.9 Å². The summed E-state index contributed by atoms with van der Waals surface area (Å²) in [7, 11) is -3.47. The summed E-state index contributed by atoms with van der Waals surface area (Å²) in [5, 5.41) is 0. The van der Waals surface area contributed by atoms with Crippen molar-refractivity contribution in [1.82, 2.24) is 8.87 Å². The topological polar surface area (TPSA) is 42.3 Å². The lowest BCUT2D eigenvalue weighted by atomic mass is 10.0. The number of halogens is 2. The van der Waals surface area contributed by atoms with Crippen LogP contribution in [0.25, 0.3) is 0 Å². The molecule has 1 unspecified atom stereocenters. The van der Waals surface area contributed by atoms with Crippen molar-refractivity contribution in [3.8, 4) is 0 Å². The standard InChI is InChI=1S/C16H18F2N2O2S/c1-2-10-23(21,22)20-9-8-19-7-3-4-15(19)16(20)12-5-6-13(17)14(18)11-12/h3-7,11,16H,2,8-10H2,1H3. The van der Waals surface area contributed by atoms with Gasteiger partial charge in [0.25, 0.3) is 0 Å². The van der Waals surface area contributed by atoms with Crippen molar-refractivity contribution < 1.29 is 17.2 Å². The van der Waals surface area contributed by atoms with Gasteiger partial charge >= 0.3 is 0 Å². The second kappa shape index (κ2) is 6.05. The molecule has 0 saturated heterocycles. The Morgan fingerprint density at radius 1 is 1.17 bits per heavy atom. The quantitative estimate of drug-likeness (QED) is 0.859. The first-order chi connectivity index (χ1) is 10.9. The lowest BCUT2D eigenvalue weighted by Gasteiger charge is -2.36. The van der Waals surface area contributed by atoms with E-state index < -0.39 is 27.7 Å². The third kappa shape index (κ3) is 2.90. The summed E-state index contributed by atoms with van der Waals surface area (Å²) >= 11 is 0. The monoisotopic (exact) mass is 340 g/mol. The normalized spacial score (nSPS) is 18.8. The summed E-state index contributed by atoms with van der Waals surface area (Å²) in [6.45, 7) is 2.66. The van der Waals surface area contributed by atoms with Gasteiger partial charge in [-0.05, 0) is 36.2 Å². The van der Waals surface area contributed by atoms with Gasteiger partial charge < -0.3 is 4.57 Å². The van der Waals surface area contributed by atoms with E-state index >= 15 is 0 Å². The lowest BCUT2D eigenvalue weighted by Crippen LogP contribution is -2.43. The number of sulfonamides is 1. The van der Waals surface area contributed by atoms with E-state index in [1.165, 1.54) is 10.4 Å². The Morgan fingerprint density at radius 2 is 1.96 bits per heavy atom. The number of benzene rings is 1. The van der Waals surface area contributed by atoms with Crippen LogP contribution in [0, 0.1) is 11.6 Å². The summed E-state index contributed by atoms with van der Waals surface area (Å²) < 4.78 is 55.5. The van der Waals surface area contributed by atoms with Gasteiger partial charge in [-0.25, -0.2) is 17.2 Å². The van der Waals surface area contributed by atoms with Crippen LogP contribution in [-0.4, -0.2) is 29.6 Å². The summed E-state index contributed by atoms with van der Waals surface area (Å²) in [6, 6.07) is 6.58. The van der Waals surface area contributed by atoms with Gasteiger partial charge in [-0.1, -0.05) is 13.0 Å². The fraction of sp³-hybridized carbons (Fsp3) is 0.375. The minimum atomic E-state index is -3.47. The van der Waals surface area contributed by atoms with Crippen LogP contribution in [0.3, 0.4) is 0 Å². The van der Waals surface area contributed by atoms with Crippen molar-refractivity contribution in [2.75, 3.05) is 12.3 Å². The van der Waals surface area contributed by atoms with Gasteiger partial charge in [-0.15, -0.1) is 0 Å². The van der Waals surface area contributed by atoms with Gasteiger partial charge in [0.05, 0.1) is 11.8 Å². The smallest absolute Gasteiger partial charge is 0.215 e. The maximum Gasteiger partial charge on any atom is 0.215 e. The summed E-state index contributed by atoms with van der Waals surface area (Å²) in [4.78, 5) is 0. The van der Waals surface area contributed by atoms with E-state index in [-0.39, 0.29) is 5.75 Å². The molecule has 0 saturated carbocycles. The molecule has 2 heterocycles. The van der Waals surface area contributed by atoms with E-state index in [2.05, 4.69) is 0 Å². The van der Waals surface area contributed by atoms with Crippen LogP contribution in [0.5, 0.6) is 0 Å². The molecule has 124 valence electrons. The molecule has 0 radical (unpaired) electrons. The first kappa shape index (κ1) is 16.1.